The maximum atomic E-state index is 10.4. The Morgan fingerprint density at radius 3 is 2.66 bits per heavy atom. The number of aromatic nitrogens is 2. The van der Waals surface area contributed by atoms with Crippen LogP contribution in [-0.4, -0.2) is 89.0 Å². The highest BCUT2D eigenvalue weighted by molar-refractivity contribution is 5.28. The molecule has 8 heteroatoms. The average molecular weight is 404 g/mol. The molecule has 1 unspecified atom stereocenters. The van der Waals surface area contributed by atoms with Crippen molar-refractivity contribution in [1.82, 2.24) is 24.8 Å². The van der Waals surface area contributed by atoms with Gasteiger partial charge in [0.25, 0.3) is 0 Å². The lowest BCUT2D eigenvalue weighted by Crippen LogP contribution is -2.49. The fraction of sp³-hybridized carbons (Fsp3) is 0.619. The van der Waals surface area contributed by atoms with Gasteiger partial charge in [-0.2, -0.15) is 4.98 Å². The smallest absolute Gasteiger partial charge is 0.240 e. The Morgan fingerprint density at radius 2 is 1.97 bits per heavy atom. The molecule has 0 bridgehead atoms. The van der Waals surface area contributed by atoms with Crippen LogP contribution >= 0.6 is 0 Å². The molecule has 8 nitrogen and oxygen atoms in total. The van der Waals surface area contributed by atoms with E-state index in [1.54, 1.807) is 0 Å². The molecule has 3 rings (SSSR count). The van der Waals surface area contributed by atoms with Crippen LogP contribution in [0.2, 0.25) is 0 Å². The first-order valence-corrected chi connectivity index (χ1v) is 10.3. The molecule has 1 aromatic carbocycles. The van der Waals surface area contributed by atoms with E-state index in [1.165, 1.54) is 0 Å². The van der Waals surface area contributed by atoms with Crippen LogP contribution in [0.5, 0.6) is 5.75 Å². The highest BCUT2D eigenvalue weighted by Crippen LogP contribution is 2.16. The van der Waals surface area contributed by atoms with Crippen LogP contribution in [0.1, 0.15) is 24.2 Å². The van der Waals surface area contributed by atoms with Gasteiger partial charge in [0, 0.05) is 39.3 Å². The van der Waals surface area contributed by atoms with E-state index < -0.39 is 6.10 Å². The number of aliphatic hydroxyl groups excluding tert-OH is 1. The molecule has 0 amide bonds. The molecule has 0 saturated carbocycles. The fourth-order valence-corrected chi connectivity index (χ4v) is 3.57. The Balaban J connectivity index is 1.42. The largest absolute Gasteiger partial charge is 0.491 e. The fourth-order valence-electron chi connectivity index (χ4n) is 3.57. The Hall–Kier alpha value is -2.00. The van der Waals surface area contributed by atoms with Crippen molar-refractivity contribution in [3.8, 4) is 5.75 Å². The van der Waals surface area contributed by atoms with Gasteiger partial charge in [-0.1, -0.05) is 24.2 Å². The predicted molar refractivity (Wildman–Crippen MR) is 111 cm³/mol. The van der Waals surface area contributed by atoms with Crippen molar-refractivity contribution >= 4 is 0 Å². The predicted octanol–water partition coefficient (Wildman–Crippen LogP) is 1.39. The minimum Gasteiger partial charge on any atom is -0.491 e. The van der Waals surface area contributed by atoms with Crippen molar-refractivity contribution in [3.63, 3.8) is 0 Å². The van der Waals surface area contributed by atoms with Crippen molar-refractivity contribution in [2.75, 3.05) is 52.9 Å². The zero-order valence-corrected chi connectivity index (χ0v) is 17.8. The molecule has 0 aliphatic carbocycles. The number of benzene rings is 1. The van der Waals surface area contributed by atoms with Crippen LogP contribution in [0.25, 0.3) is 0 Å². The first-order chi connectivity index (χ1) is 14.0. The number of aryl methyl sites for hydroxylation is 1. The second-order valence-corrected chi connectivity index (χ2v) is 7.75. The number of likely N-dealkylation sites (N-methyl/N-ethyl adjacent to an activating group) is 1. The van der Waals surface area contributed by atoms with Crippen molar-refractivity contribution in [3.05, 3.63) is 41.5 Å². The summed E-state index contributed by atoms with van der Waals surface area (Å²) in [6.45, 7) is 11.5. The van der Waals surface area contributed by atoms with Gasteiger partial charge in [-0.05, 0) is 38.2 Å². The molecular weight excluding hydrogens is 370 g/mol. The maximum Gasteiger partial charge on any atom is 0.240 e. The third-order valence-electron chi connectivity index (χ3n) is 5.15. The normalized spacial score (nSPS) is 17.0. The summed E-state index contributed by atoms with van der Waals surface area (Å²) < 4.78 is 11.0. The molecule has 2 aromatic rings. The highest BCUT2D eigenvalue weighted by Gasteiger charge is 2.18. The Morgan fingerprint density at radius 1 is 1.21 bits per heavy atom. The van der Waals surface area contributed by atoms with Crippen molar-refractivity contribution in [1.29, 1.82) is 0 Å². The summed E-state index contributed by atoms with van der Waals surface area (Å²) in [7, 11) is 2.01. The summed E-state index contributed by atoms with van der Waals surface area (Å²) in [6, 6.07) is 7.98. The summed E-state index contributed by atoms with van der Waals surface area (Å²) >= 11 is 0. The number of hydrogen-bond acceptors (Lipinski definition) is 8. The van der Waals surface area contributed by atoms with Gasteiger partial charge in [-0.3, -0.25) is 9.80 Å². The van der Waals surface area contributed by atoms with Crippen molar-refractivity contribution in [2.45, 2.75) is 33.0 Å². The number of β-amino-alcohol motifs (C(OH)–C–C–N with tert-alkyl or cyclic N) is 1. The molecule has 160 valence electrons. The Labute approximate surface area is 173 Å². The number of aliphatic hydroxyl groups is 1. The van der Waals surface area contributed by atoms with E-state index in [2.05, 4.69) is 37.8 Å². The topological polar surface area (TPSA) is 78.1 Å². The number of ether oxygens (including phenoxy) is 1. The van der Waals surface area contributed by atoms with E-state index in [0.717, 1.165) is 50.6 Å². The summed E-state index contributed by atoms with van der Waals surface area (Å²) in [6.07, 6.45) is -0.490. The van der Waals surface area contributed by atoms with Gasteiger partial charge in [0.2, 0.25) is 5.89 Å². The first kappa shape index (κ1) is 21.7. The lowest BCUT2D eigenvalue weighted by molar-refractivity contribution is 0.0470. The van der Waals surface area contributed by atoms with Crippen LogP contribution < -0.4 is 4.74 Å². The van der Waals surface area contributed by atoms with E-state index in [-0.39, 0.29) is 0 Å². The zero-order valence-electron chi connectivity index (χ0n) is 17.8. The van der Waals surface area contributed by atoms with E-state index >= 15 is 0 Å². The lowest BCUT2D eigenvalue weighted by atomic mass is 10.2. The van der Waals surface area contributed by atoms with E-state index in [0.29, 0.717) is 31.4 Å². The Bertz CT molecular complexity index is 745. The third-order valence-corrected chi connectivity index (χ3v) is 5.15. The van der Waals surface area contributed by atoms with Gasteiger partial charge in [-0.25, -0.2) is 0 Å². The summed E-state index contributed by atoms with van der Waals surface area (Å²) in [5.74, 6) is 2.04. The minimum absolute atomic E-state index is 0.300. The molecule has 0 radical (unpaired) electrons. The van der Waals surface area contributed by atoms with E-state index in [1.807, 2.05) is 32.2 Å². The summed E-state index contributed by atoms with van der Waals surface area (Å²) in [5, 5.41) is 14.2. The van der Waals surface area contributed by atoms with E-state index in [4.69, 9.17) is 9.26 Å². The summed E-state index contributed by atoms with van der Waals surface area (Å²) in [5.41, 5.74) is 1.13. The molecule has 2 heterocycles. The molecule has 1 aliphatic heterocycles. The molecular formula is C21H33N5O3. The molecule has 1 aliphatic rings. The van der Waals surface area contributed by atoms with Crippen LogP contribution in [0.4, 0.5) is 0 Å². The average Bonchev–Trinajstić information content (AvgIpc) is 3.11. The number of nitrogens with zero attached hydrogens (tertiary/aromatic N) is 5. The third kappa shape index (κ3) is 7.08. The van der Waals surface area contributed by atoms with Gasteiger partial charge in [0.1, 0.15) is 18.5 Å². The molecule has 1 N–H and O–H groups in total. The quantitative estimate of drug-likeness (QED) is 0.638. The number of piperazine rings is 1. The zero-order chi connectivity index (χ0) is 20.6. The van der Waals surface area contributed by atoms with E-state index in [9.17, 15) is 5.11 Å². The van der Waals surface area contributed by atoms with Gasteiger partial charge >= 0.3 is 0 Å². The molecule has 1 fully saturated rings. The summed E-state index contributed by atoms with van der Waals surface area (Å²) in [4.78, 5) is 11.1. The Kier molecular flexibility index (Phi) is 8.00. The van der Waals surface area contributed by atoms with Crippen LogP contribution in [0.3, 0.4) is 0 Å². The van der Waals surface area contributed by atoms with Gasteiger partial charge < -0.3 is 19.3 Å². The first-order valence-electron chi connectivity index (χ1n) is 10.3. The van der Waals surface area contributed by atoms with Gasteiger partial charge in [-0.15, -0.1) is 0 Å². The second kappa shape index (κ2) is 10.7. The molecule has 1 saturated heterocycles. The molecule has 29 heavy (non-hydrogen) atoms. The minimum atomic E-state index is -0.490. The van der Waals surface area contributed by atoms with Crippen molar-refractivity contribution < 1.29 is 14.4 Å². The van der Waals surface area contributed by atoms with Crippen LogP contribution in [0, 0.1) is 6.92 Å². The monoisotopic (exact) mass is 403 g/mol. The number of hydrogen-bond donors (Lipinski definition) is 1. The van der Waals surface area contributed by atoms with Gasteiger partial charge in [0.05, 0.1) is 6.54 Å². The van der Waals surface area contributed by atoms with Crippen LogP contribution in [-0.2, 0) is 13.1 Å². The van der Waals surface area contributed by atoms with Crippen molar-refractivity contribution in [2.24, 2.45) is 0 Å². The van der Waals surface area contributed by atoms with Gasteiger partial charge in [0.15, 0.2) is 5.82 Å². The SMILES string of the molecule is CCN1CCN(CC(O)COc2cccc(CN(C)Cc3nc(C)no3)c2)CC1. The van der Waals surface area contributed by atoms with Crippen LogP contribution in [0.15, 0.2) is 28.8 Å². The lowest BCUT2D eigenvalue weighted by Gasteiger charge is -2.34. The molecule has 1 aromatic heterocycles. The molecule has 1 atom stereocenters. The molecule has 0 spiro atoms. The second-order valence-electron chi connectivity index (χ2n) is 7.75. The maximum absolute atomic E-state index is 10.4. The highest BCUT2D eigenvalue weighted by atomic mass is 16.5. The number of rotatable bonds is 10. The standard InChI is InChI=1S/C21H33N5O3/c1-4-25-8-10-26(11-9-25)14-19(27)16-28-20-7-5-6-18(12-20)13-24(3)15-21-22-17(2)23-29-21/h5-7,12,19,27H,4,8-11,13-16H2,1-3H3.